The summed E-state index contributed by atoms with van der Waals surface area (Å²) in [5, 5.41) is 2.49. The predicted octanol–water partition coefficient (Wildman–Crippen LogP) is 2.89. The minimum atomic E-state index is -0.919. The summed E-state index contributed by atoms with van der Waals surface area (Å²) in [4.78, 5) is 38.3. The molecule has 6 nitrogen and oxygen atoms in total. The van der Waals surface area contributed by atoms with Gasteiger partial charge in [-0.2, -0.15) is 0 Å². The van der Waals surface area contributed by atoms with Crippen LogP contribution in [0.25, 0.3) is 6.08 Å². The summed E-state index contributed by atoms with van der Waals surface area (Å²) in [5.41, 5.74) is 0.755. The molecule has 0 heterocycles. The lowest BCUT2D eigenvalue weighted by Crippen LogP contribution is -2.44. The van der Waals surface area contributed by atoms with Crippen molar-refractivity contribution in [3.8, 4) is 0 Å². The predicted molar refractivity (Wildman–Crippen MR) is 103 cm³/mol. The number of carbonyl (C=O) groups is 3. The first-order valence-electron chi connectivity index (χ1n) is 9.40. The van der Waals surface area contributed by atoms with Crippen LogP contribution in [0, 0.1) is 0 Å². The monoisotopic (exact) mass is 372 g/mol. The average Bonchev–Trinajstić information content (AvgIpc) is 2.67. The number of nitrogens with zero attached hydrogens (tertiary/aromatic N) is 1. The van der Waals surface area contributed by atoms with Crippen molar-refractivity contribution in [1.82, 2.24) is 10.2 Å². The van der Waals surface area contributed by atoms with Crippen molar-refractivity contribution in [3.63, 3.8) is 0 Å². The van der Waals surface area contributed by atoms with E-state index in [1.54, 1.807) is 31.0 Å². The molecule has 0 unspecified atom stereocenters. The number of ether oxygens (including phenoxy) is 1. The highest BCUT2D eigenvalue weighted by atomic mass is 16.5. The summed E-state index contributed by atoms with van der Waals surface area (Å²) < 4.78 is 5.35. The van der Waals surface area contributed by atoms with E-state index in [-0.39, 0.29) is 23.6 Å². The molecule has 0 bridgehead atoms. The molecular weight excluding hydrogens is 344 g/mol. The Morgan fingerprint density at radius 1 is 1.15 bits per heavy atom. The standard InChI is InChI=1S/C21H28N2O4/c1-15(20(25)23(3)18-12-8-5-9-13-18)27-21(26)19(22-16(2)24)14-17-10-6-4-7-11-17/h4,6-7,10-11,14-15,18H,5,8-9,12-13H2,1-3H3,(H,22,24)/b19-14-/t15-/m0/s1. The summed E-state index contributed by atoms with van der Waals surface area (Å²) in [6, 6.07) is 9.32. The highest BCUT2D eigenvalue weighted by Crippen LogP contribution is 2.22. The van der Waals surface area contributed by atoms with Crippen molar-refractivity contribution in [2.45, 2.75) is 58.1 Å². The molecular formula is C21H28N2O4. The molecule has 0 aromatic heterocycles. The Hall–Kier alpha value is -2.63. The lowest BCUT2D eigenvalue weighted by Gasteiger charge is -2.32. The van der Waals surface area contributed by atoms with Crippen molar-refractivity contribution in [1.29, 1.82) is 0 Å². The van der Waals surface area contributed by atoms with Crippen LogP contribution >= 0.6 is 0 Å². The Morgan fingerprint density at radius 3 is 2.37 bits per heavy atom. The quantitative estimate of drug-likeness (QED) is 0.615. The number of esters is 1. The number of likely N-dealkylation sites (N-methyl/N-ethyl adjacent to an activating group) is 1. The molecule has 0 aliphatic heterocycles. The minimum Gasteiger partial charge on any atom is -0.448 e. The maximum absolute atomic E-state index is 12.6. The second-order valence-corrected chi connectivity index (χ2v) is 6.94. The number of hydrogen-bond acceptors (Lipinski definition) is 4. The molecule has 146 valence electrons. The van der Waals surface area contributed by atoms with E-state index in [0.717, 1.165) is 31.2 Å². The molecule has 27 heavy (non-hydrogen) atoms. The van der Waals surface area contributed by atoms with Crippen LogP contribution in [0.15, 0.2) is 36.0 Å². The van der Waals surface area contributed by atoms with Crippen molar-refractivity contribution < 1.29 is 19.1 Å². The Morgan fingerprint density at radius 2 is 1.78 bits per heavy atom. The van der Waals surface area contributed by atoms with Gasteiger partial charge in [-0.05, 0) is 31.4 Å². The van der Waals surface area contributed by atoms with Gasteiger partial charge in [-0.1, -0.05) is 49.6 Å². The maximum Gasteiger partial charge on any atom is 0.355 e. The summed E-state index contributed by atoms with van der Waals surface area (Å²) in [6.45, 7) is 2.88. The highest BCUT2D eigenvalue weighted by molar-refractivity contribution is 5.98. The van der Waals surface area contributed by atoms with E-state index in [9.17, 15) is 14.4 Å². The zero-order chi connectivity index (χ0) is 19.8. The number of nitrogens with one attached hydrogen (secondary N) is 1. The molecule has 6 heteroatoms. The van der Waals surface area contributed by atoms with Crippen molar-refractivity contribution in [2.24, 2.45) is 0 Å². The van der Waals surface area contributed by atoms with Gasteiger partial charge in [-0.15, -0.1) is 0 Å². The van der Waals surface area contributed by atoms with Gasteiger partial charge in [0.2, 0.25) is 5.91 Å². The molecule has 1 aromatic carbocycles. The van der Waals surface area contributed by atoms with Crippen LogP contribution in [0.5, 0.6) is 0 Å². The number of carbonyl (C=O) groups excluding carboxylic acids is 3. The smallest absolute Gasteiger partial charge is 0.355 e. The van der Waals surface area contributed by atoms with Crippen LogP contribution in [-0.4, -0.2) is 41.9 Å². The van der Waals surface area contributed by atoms with E-state index >= 15 is 0 Å². The second kappa shape index (κ2) is 9.90. The fraction of sp³-hybridized carbons (Fsp3) is 0.476. The van der Waals surface area contributed by atoms with E-state index in [4.69, 9.17) is 4.74 Å². The van der Waals surface area contributed by atoms with Crippen LogP contribution in [0.2, 0.25) is 0 Å². The number of benzene rings is 1. The number of amides is 2. The third kappa shape index (κ3) is 6.24. The van der Waals surface area contributed by atoms with E-state index in [1.165, 1.54) is 19.4 Å². The van der Waals surface area contributed by atoms with Gasteiger partial charge in [0.1, 0.15) is 5.70 Å². The van der Waals surface area contributed by atoms with E-state index in [0.29, 0.717) is 0 Å². The molecule has 2 rings (SSSR count). The first-order valence-corrected chi connectivity index (χ1v) is 9.40. The van der Waals surface area contributed by atoms with Gasteiger partial charge in [-0.3, -0.25) is 9.59 Å². The molecule has 0 spiro atoms. The van der Waals surface area contributed by atoms with Gasteiger partial charge in [0.25, 0.3) is 5.91 Å². The van der Waals surface area contributed by atoms with Gasteiger partial charge in [0, 0.05) is 20.0 Å². The van der Waals surface area contributed by atoms with Gasteiger partial charge >= 0.3 is 5.97 Å². The number of hydrogen-bond donors (Lipinski definition) is 1. The second-order valence-electron chi connectivity index (χ2n) is 6.94. The maximum atomic E-state index is 12.6. The summed E-state index contributed by atoms with van der Waals surface area (Å²) in [6.07, 6.45) is 6.00. The average molecular weight is 372 g/mol. The van der Waals surface area contributed by atoms with Crippen LogP contribution in [0.4, 0.5) is 0 Å². The summed E-state index contributed by atoms with van der Waals surface area (Å²) >= 11 is 0. The Labute approximate surface area is 160 Å². The topological polar surface area (TPSA) is 75.7 Å². The lowest BCUT2D eigenvalue weighted by molar-refractivity contribution is -0.157. The Bertz CT molecular complexity index is 693. The zero-order valence-corrected chi connectivity index (χ0v) is 16.2. The van der Waals surface area contributed by atoms with Crippen molar-refractivity contribution >= 4 is 23.9 Å². The van der Waals surface area contributed by atoms with Crippen LogP contribution in [0.1, 0.15) is 51.5 Å². The van der Waals surface area contributed by atoms with Gasteiger partial charge in [0.15, 0.2) is 6.10 Å². The largest absolute Gasteiger partial charge is 0.448 e. The minimum absolute atomic E-state index is 0.00803. The third-order valence-electron chi connectivity index (χ3n) is 4.74. The van der Waals surface area contributed by atoms with Gasteiger partial charge in [0.05, 0.1) is 0 Å². The SMILES string of the molecule is CC(=O)N/C(=C\c1ccccc1)C(=O)O[C@@H](C)C(=O)N(C)C1CCCCC1. The molecule has 0 saturated heterocycles. The fourth-order valence-electron chi connectivity index (χ4n) is 3.26. The Balaban J connectivity index is 2.05. The van der Waals surface area contributed by atoms with E-state index in [2.05, 4.69) is 5.32 Å². The fourth-order valence-corrected chi connectivity index (χ4v) is 3.26. The molecule has 1 N–H and O–H groups in total. The Kier molecular flexibility index (Phi) is 7.58. The normalized spacial score (nSPS) is 16.3. The first kappa shape index (κ1) is 20.7. The summed E-state index contributed by atoms with van der Waals surface area (Å²) in [5.74, 6) is -1.34. The zero-order valence-electron chi connectivity index (χ0n) is 16.2. The molecule has 1 aliphatic rings. The van der Waals surface area contributed by atoms with E-state index in [1.807, 2.05) is 18.2 Å². The number of rotatable bonds is 6. The lowest BCUT2D eigenvalue weighted by atomic mass is 9.94. The molecule has 1 fully saturated rings. The van der Waals surface area contributed by atoms with Crippen molar-refractivity contribution in [3.05, 3.63) is 41.6 Å². The molecule has 1 aromatic rings. The molecule has 1 saturated carbocycles. The van der Waals surface area contributed by atoms with Crippen LogP contribution < -0.4 is 5.32 Å². The third-order valence-corrected chi connectivity index (χ3v) is 4.74. The molecule has 1 aliphatic carbocycles. The van der Waals surface area contributed by atoms with Crippen LogP contribution in [-0.2, 0) is 19.1 Å². The molecule has 0 radical (unpaired) electrons. The molecule has 2 amide bonds. The van der Waals surface area contributed by atoms with Gasteiger partial charge < -0.3 is 15.0 Å². The highest BCUT2D eigenvalue weighted by Gasteiger charge is 2.28. The van der Waals surface area contributed by atoms with Gasteiger partial charge in [-0.25, -0.2) is 4.79 Å². The first-order chi connectivity index (χ1) is 12.9. The molecule has 1 atom stereocenters. The van der Waals surface area contributed by atoms with Crippen molar-refractivity contribution in [2.75, 3.05) is 7.05 Å². The summed E-state index contributed by atoms with van der Waals surface area (Å²) in [7, 11) is 1.76. The van der Waals surface area contributed by atoms with Crippen LogP contribution in [0.3, 0.4) is 0 Å². The van der Waals surface area contributed by atoms with E-state index < -0.39 is 12.1 Å².